The summed E-state index contributed by atoms with van der Waals surface area (Å²) in [6.07, 6.45) is 3.70. The molecule has 1 aromatic heterocycles. The molecule has 2 heterocycles. The number of aryl methyl sites for hydroxylation is 1. The van der Waals surface area contributed by atoms with Crippen LogP contribution in [0.4, 0.5) is 0 Å². The highest BCUT2D eigenvalue weighted by Gasteiger charge is 2.20. The molecule has 4 nitrogen and oxygen atoms in total. The van der Waals surface area contributed by atoms with Crippen molar-refractivity contribution in [1.82, 2.24) is 0 Å². The number of aliphatic imine (C=N–C) groups is 1. The summed E-state index contributed by atoms with van der Waals surface area (Å²) in [4.78, 5) is 6.03. The van der Waals surface area contributed by atoms with E-state index in [1.807, 2.05) is 12.3 Å². The summed E-state index contributed by atoms with van der Waals surface area (Å²) in [6, 6.07) is 6.54. The fraction of sp³-hybridized carbons (Fsp3) is 0.421. The van der Waals surface area contributed by atoms with E-state index in [4.69, 9.17) is 19.2 Å². The van der Waals surface area contributed by atoms with E-state index in [-0.39, 0.29) is 6.04 Å². The van der Waals surface area contributed by atoms with Gasteiger partial charge in [-0.15, -0.1) is 11.3 Å². The molecule has 0 saturated carbocycles. The highest BCUT2D eigenvalue weighted by Crippen LogP contribution is 2.36. The zero-order valence-electron chi connectivity index (χ0n) is 14.4. The predicted molar refractivity (Wildman–Crippen MR) is 98.1 cm³/mol. The summed E-state index contributed by atoms with van der Waals surface area (Å²) >= 11 is 1.78. The maximum absolute atomic E-state index is 5.89. The molecule has 1 atom stereocenters. The van der Waals surface area contributed by atoms with Crippen LogP contribution < -0.4 is 9.47 Å². The average Bonchev–Trinajstić information content (AvgIpc) is 3.04. The van der Waals surface area contributed by atoms with Crippen LogP contribution in [0.5, 0.6) is 11.5 Å². The number of hydrogen-bond donors (Lipinski definition) is 0. The maximum Gasteiger partial charge on any atom is 0.161 e. The molecule has 1 aromatic carbocycles. The van der Waals surface area contributed by atoms with E-state index in [0.29, 0.717) is 13.2 Å². The SMILES string of the molecule is COCCCOc1cc2c(cc1OC)C=NC(c1cc(C)cs1)C2. The van der Waals surface area contributed by atoms with Gasteiger partial charge in [-0.1, -0.05) is 0 Å². The molecule has 0 aliphatic carbocycles. The Bertz CT molecular complexity index is 723. The van der Waals surface area contributed by atoms with Gasteiger partial charge >= 0.3 is 0 Å². The van der Waals surface area contributed by atoms with Crippen molar-refractivity contribution in [3.63, 3.8) is 0 Å². The molecule has 0 amide bonds. The van der Waals surface area contributed by atoms with Crippen molar-refractivity contribution in [2.24, 2.45) is 4.99 Å². The van der Waals surface area contributed by atoms with Gasteiger partial charge in [-0.2, -0.15) is 0 Å². The fourth-order valence-corrected chi connectivity index (χ4v) is 3.75. The number of nitrogens with zero attached hydrogens (tertiary/aromatic N) is 1. The third-order valence-corrected chi connectivity index (χ3v) is 5.21. The molecule has 0 bridgehead atoms. The zero-order chi connectivity index (χ0) is 16.9. The quantitative estimate of drug-likeness (QED) is 0.706. The molecular formula is C19H23NO3S. The molecule has 24 heavy (non-hydrogen) atoms. The molecule has 2 aromatic rings. The molecule has 0 N–H and O–H groups in total. The fourth-order valence-electron chi connectivity index (χ4n) is 2.81. The summed E-state index contributed by atoms with van der Waals surface area (Å²) in [5.74, 6) is 1.55. The second-order valence-corrected chi connectivity index (χ2v) is 6.86. The third-order valence-electron chi connectivity index (χ3n) is 4.06. The first-order valence-electron chi connectivity index (χ1n) is 8.12. The highest BCUT2D eigenvalue weighted by molar-refractivity contribution is 7.10. The Kier molecular flexibility index (Phi) is 5.53. The van der Waals surface area contributed by atoms with E-state index in [1.54, 1.807) is 25.6 Å². The molecular weight excluding hydrogens is 322 g/mol. The van der Waals surface area contributed by atoms with Crippen LogP contribution in [0.3, 0.4) is 0 Å². The van der Waals surface area contributed by atoms with Crippen LogP contribution in [0.15, 0.2) is 28.6 Å². The van der Waals surface area contributed by atoms with Crippen molar-refractivity contribution in [2.75, 3.05) is 27.4 Å². The van der Waals surface area contributed by atoms with E-state index >= 15 is 0 Å². The largest absolute Gasteiger partial charge is 0.493 e. The van der Waals surface area contributed by atoms with Crippen molar-refractivity contribution < 1.29 is 14.2 Å². The standard InChI is InChI=1S/C19H23NO3S/c1-13-7-19(24-12-13)16-8-14-9-18(23-6-4-5-21-2)17(22-3)10-15(14)11-20-16/h7,9-12,16H,4-6,8H2,1-3H3. The number of benzene rings is 1. The van der Waals surface area contributed by atoms with Crippen molar-refractivity contribution in [1.29, 1.82) is 0 Å². The molecule has 0 spiro atoms. The third kappa shape index (κ3) is 3.79. The molecule has 0 fully saturated rings. The lowest BCUT2D eigenvalue weighted by molar-refractivity contribution is 0.170. The number of ether oxygens (including phenoxy) is 3. The molecule has 0 saturated heterocycles. The lowest BCUT2D eigenvalue weighted by Crippen LogP contribution is -2.10. The van der Waals surface area contributed by atoms with Crippen LogP contribution in [-0.2, 0) is 11.2 Å². The summed E-state index contributed by atoms with van der Waals surface area (Å²) in [7, 11) is 3.37. The number of fused-ring (bicyclic) bond motifs is 1. The Hall–Kier alpha value is -1.85. The summed E-state index contributed by atoms with van der Waals surface area (Å²) in [6.45, 7) is 3.43. The number of thiophene rings is 1. The smallest absolute Gasteiger partial charge is 0.161 e. The molecule has 1 aliphatic rings. The Balaban J connectivity index is 1.79. The Morgan fingerprint density at radius 3 is 2.75 bits per heavy atom. The molecule has 3 rings (SSSR count). The minimum Gasteiger partial charge on any atom is -0.493 e. The summed E-state index contributed by atoms with van der Waals surface area (Å²) in [5, 5.41) is 2.18. The van der Waals surface area contributed by atoms with Gasteiger partial charge < -0.3 is 14.2 Å². The first-order valence-corrected chi connectivity index (χ1v) is 9.00. The van der Waals surface area contributed by atoms with Crippen LogP contribution in [0, 0.1) is 6.92 Å². The van der Waals surface area contributed by atoms with Crippen LogP contribution in [0.1, 0.15) is 34.0 Å². The topological polar surface area (TPSA) is 40.0 Å². The van der Waals surface area contributed by atoms with Crippen LogP contribution in [0.2, 0.25) is 0 Å². The normalized spacial score (nSPS) is 16.0. The van der Waals surface area contributed by atoms with Gasteiger partial charge in [0.25, 0.3) is 0 Å². The Labute approximate surface area is 147 Å². The molecule has 1 aliphatic heterocycles. The van der Waals surface area contributed by atoms with Gasteiger partial charge in [-0.25, -0.2) is 0 Å². The lowest BCUT2D eigenvalue weighted by atomic mass is 9.96. The van der Waals surface area contributed by atoms with E-state index < -0.39 is 0 Å². The van der Waals surface area contributed by atoms with Crippen molar-refractivity contribution in [3.8, 4) is 11.5 Å². The summed E-state index contributed by atoms with van der Waals surface area (Å²) in [5.41, 5.74) is 3.66. The second-order valence-electron chi connectivity index (χ2n) is 5.92. The number of rotatable bonds is 7. The van der Waals surface area contributed by atoms with Crippen molar-refractivity contribution >= 4 is 17.6 Å². The first kappa shape index (κ1) is 17.0. The highest BCUT2D eigenvalue weighted by atomic mass is 32.1. The maximum atomic E-state index is 5.89. The first-order chi connectivity index (χ1) is 11.7. The van der Waals surface area contributed by atoms with Gasteiger partial charge in [0.15, 0.2) is 11.5 Å². The molecule has 1 unspecified atom stereocenters. The minimum atomic E-state index is 0.200. The van der Waals surface area contributed by atoms with Gasteiger partial charge in [0.05, 0.1) is 19.8 Å². The van der Waals surface area contributed by atoms with E-state index in [0.717, 1.165) is 29.9 Å². The van der Waals surface area contributed by atoms with Gasteiger partial charge in [0.1, 0.15) is 0 Å². The molecule has 128 valence electrons. The van der Waals surface area contributed by atoms with Gasteiger partial charge in [-0.05, 0) is 47.2 Å². The van der Waals surface area contributed by atoms with Crippen LogP contribution in [-0.4, -0.2) is 33.6 Å². The molecule has 0 radical (unpaired) electrons. The van der Waals surface area contributed by atoms with E-state index in [1.165, 1.54) is 16.0 Å². The monoisotopic (exact) mass is 345 g/mol. The van der Waals surface area contributed by atoms with Gasteiger partial charge in [-0.3, -0.25) is 4.99 Å². The summed E-state index contributed by atoms with van der Waals surface area (Å²) < 4.78 is 16.4. The molecule has 5 heteroatoms. The second kappa shape index (κ2) is 7.81. The van der Waals surface area contributed by atoms with E-state index in [2.05, 4.69) is 24.4 Å². The zero-order valence-corrected chi connectivity index (χ0v) is 15.2. The lowest BCUT2D eigenvalue weighted by Gasteiger charge is -2.20. The predicted octanol–water partition coefficient (Wildman–Crippen LogP) is 4.20. The number of hydrogen-bond acceptors (Lipinski definition) is 5. The van der Waals surface area contributed by atoms with Crippen molar-refractivity contribution in [2.45, 2.75) is 25.8 Å². The van der Waals surface area contributed by atoms with Crippen LogP contribution >= 0.6 is 11.3 Å². The van der Waals surface area contributed by atoms with Gasteiger partial charge in [0.2, 0.25) is 0 Å². The van der Waals surface area contributed by atoms with Gasteiger partial charge in [0, 0.05) is 37.7 Å². The van der Waals surface area contributed by atoms with Crippen LogP contribution in [0.25, 0.3) is 0 Å². The van der Waals surface area contributed by atoms with E-state index in [9.17, 15) is 0 Å². The number of methoxy groups -OCH3 is 2. The minimum absolute atomic E-state index is 0.200. The average molecular weight is 345 g/mol. The Morgan fingerprint density at radius 2 is 2.04 bits per heavy atom. The van der Waals surface area contributed by atoms with Crippen molar-refractivity contribution in [3.05, 3.63) is 45.1 Å². The Morgan fingerprint density at radius 1 is 1.17 bits per heavy atom.